The van der Waals surface area contributed by atoms with Crippen LogP contribution in [0, 0.1) is 6.92 Å². The average molecular weight is 382 g/mol. The summed E-state index contributed by atoms with van der Waals surface area (Å²) in [6.07, 6.45) is 1.56. The van der Waals surface area contributed by atoms with Crippen molar-refractivity contribution in [3.8, 4) is 10.8 Å². The third kappa shape index (κ3) is 3.35. The number of rotatable bonds is 5. The first-order valence-electron chi connectivity index (χ1n) is 8.56. The predicted octanol–water partition coefficient (Wildman–Crippen LogP) is 4.30. The van der Waals surface area contributed by atoms with Gasteiger partial charge in [0.15, 0.2) is 0 Å². The second-order valence-corrected chi connectivity index (χ2v) is 7.45. The van der Waals surface area contributed by atoms with Gasteiger partial charge in [-0.1, -0.05) is 25.1 Å². The third-order valence-corrected chi connectivity index (χ3v) is 5.04. The zero-order chi connectivity index (χ0) is 19.0. The molecule has 4 rings (SSSR count). The topological polar surface area (TPSA) is 94.0 Å². The number of nitrogens with one attached hydrogen (secondary N) is 1. The summed E-state index contributed by atoms with van der Waals surface area (Å²) in [5.74, 6) is 0.490. The minimum atomic E-state index is -0.226. The SMILES string of the molecule is Cc1noc2nc(C(C)C)cc(C(=O)NCc3coc(-c4cccs4)n3)c12. The fraction of sp³-hybridized carbons (Fsp3) is 0.263. The van der Waals surface area contributed by atoms with E-state index in [0.717, 1.165) is 10.6 Å². The van der Waals surface area contributed by atoms with Crippen LogP contribution in [0.2, 0.25) is 0 Å². The molecule has 0 radical (unpaired) electrons. The maximum Gasteiger partial charge on any atom is 0.259 e. The molecule has 0 spiro atoms. The average Bonchev–Trinajstić information content (AvgIpc) is 3.40. The van der Waals surface area contributed by atoms with Gasteiger partial charge in [-0.25, -0.2) is 9.97 Å². The Bertz CT molecular complexity index is 1100. The molecular formula is C19H18N4O3S. The largest absolute Gasteiger partial charge is 0.443 e. The van der Waals surface area contributed by atoms with Gasteiger partial charge in [0, 0.05) is 5.69 Å². The summed E-state index contributed by atoms with van der Waals surface area (Å²) < 4.78 is 10.8. The zero-order valence-corrected chi connectivity index (χ0v) is 16.0. The number of carbonyl (C=O) groups is 1. The lowest BCUT2D eigenvalue weighted by molar-refractivity contribution is 0.0952. The number of oxazole rings is 1. The first kappa shape index (κ1) is 17.4. The van der Waals surface area contributed by atoms with Gasteiger partial charge in [0.05, 0.1) is 33.8 Å². The number of fused-ring (bicyclic) bond motifs is 1. The third-order valence-electron chi connectivity index (χ3n) is 4.19. The van der Waals surface area contributed by atoms with Gasteiger partial charge in [-0.15, -0.1) is 11.3 Å². The molecule has 138 valence electrons. The van der Waals surface area contributed by atoms with Gasteiger partial charge in [0.1, 0.15) is 6.26 Å². The molecule has 0 aromatic carbocycles. The monoisotopic (exact) mass is 382 g/mol. The molecule has 0 aliphatic heterocycles. The number of hydrogen-bond donors (Lipinski definition) is 1. The number of thiophene rings is 1. The molecule has 0 unspecified atom stereocenters. The van der Waals surface area contributed by atoms with Crippen molar-refractivity contribution in [3.63, 3.8) is 0 Å². The van der Waals surface area contributed by atoms with Crippen molar-refractivity contribution in [3.05, 3.63) is 52.5 Å². The summed E-state index contributed by atoms with van der Waals surface area (Å²) in [4.78, 5) is 22.7. The Morgan fingerprint density at radius 3 is 2.93 bits per heavy atom. The van der Waals surface area contributed by atoms with E-state index in [1.165, 1.54) is 0 Å². The van der Waals surface area contributed by atoms with Crippen LogP contribution in [0.1, 0.15) is 47.2 Å². The van der Waals surface area contributed by atoms with Crippen LogP contribution in [0.15, 0.2) is 38.8 Å². The number of aromatic nitrogens is 3. The van der Waals surface area contributed by atoms with Crippen molar-refractivity contribution in [2.45, 2.75) is 33.2 Å². The van der Waals surface area contributed by atoms with Gasteiger partial charge in [-0.2, -0.15) is 0 Å². The molecule has 4 heterocycles. The van der Waals surface area contributed by atoms with Crippen LogP contribution in [0.4, 0.5) is 0 Å². The van der Waals surface area contributed by atoms with Crippen LogP contribution in [0.5, 0.6) is 0 Å². The molecule has 1 amide bonds. The fourth-order valence-corrected chi connectivity index (χ4v) is 3.41. The van der Waals surface area contributed by atoms with E-state index < -0.39 is 0 Å². The van der Waals surface area contributed by atoms with Crippen LogP contribution >= 0.6 is 11.3 Å². The van der Waals surface area contributed by atoms with Crippen LogP contribution in [-0.2, 0) is 6.54 Å². The molecule has 0 fully saturated rings. The zero-order valence-electron chi connectivity index (χ0n) is 15.1. The standard InChI is InChI=1S/C19H18N4O3S/c1-10(2)14-7-13(16-11(3)23-26-19(16)22-14)17(24)20-8-12-9-25-18(21-12)15-5-4-6-27-15/h4-7,9-10H,8H2,1-3H3,(H,20,24). The maximum absolute atomic E-state index is 12.8. The van der Waals surface area contributed by atoms with E-state index in [9.17, 15) is 4.79 Å². The highest BCUT2D eigenvalue weighted by molar-refractivity contribution is 7.13. The summed E-state index contributed by atoms with van der Waals surface area (Å²) in [6.45, 7) is 6.09. The number of amides is 1. The summed E-state index contributed by atoms with van der Waals surface area (Å²) in [5, 5.41) is 9.44. The summed E-state index contributed by atoms with van der Waals surface area (Å²) in [5.41, 5.74) is 2.96. The van der Waals surface area contributed by atoms with Crippen molar-refractivity contribution in [1.82, 2.24) is 20.4 Å². The molecule has 4 aromatic heterocycles. The Hall–Kier alpha value is -3.00. The van der Waals surface area contributed by atoms with Gasteiger partial charge in [-0.3, -0.25) is 4.79 Å². The Labute approximate surface area is 159 Å². The number of hydrogen-bond acceptors (Lipinski definition) is 7. The number of aryl methyl sites for hydroxylation is 1. The van der Waals surface area contributed by atoms with E-state index in [1.807, 2.05) is 31.4 Å². The van der Waals surface area contributed by atoms with E-state index in [0.29, 0.717) is 33.9 Å². The summed E-state index contributed by atoms with van der Waals surface area (Å²) in [6, 6.07) is 5.68. The van der Waals surface area contributed by atoms with Gasteiger partial charge in [0.25, 0.3) is 11.6 Å². The number of carbonyl (C=O) groups excluding carboxylic acids is 1. The van der Waals surface area contributed by atoms with Gasteiger partial charge < -0.3 is 14.3 Å². The van der Waals surface area contributed by atoms with Crippen LogP contribution in [-0.4, -0.2) is 21.0 Å². The molecule has 4 aromatic rings. The van der Waals surface area contributed by atoms with Crippen molar-refractivity contribution in [1.29, 1.82) is 0 Å². The van der Waals surface area contributed by atoms with Gasteiger partial charge >= 0.3 is 0 Å². The quantitative estimate of drug-likeness (QED) is 0.553. The maximum atomic E-state index is 12.8. The first-order chi connectivity index (χ1) is 13.0. The summed E-state index contributed by atoms with van der Waals surface area (Å²) >= 11 is 1.55. The van der Waals surface area contributed by atoms with E-state index in [2.05, 4.69) is 20.4 Å². The Morgan fingerprint density at radius 2 is 2.19 bits per heavy atom. The van der Waals surface area contributed by atoms with E-state index >= 15 is 0 Å². The molecule has 0 atom stereocenters. The van der Waals surface area contributed by atoms with E-state index in [1.54, 1.807) is 30.6 Å². The van der Waals surface area contributed by atoms with Gasteiger partial charge in [-0.05, 0) is 30.4 Å². The minimum absolute atomic E-state index is 0.162. The molecule has 7 nitrogen and oxygen atoms in total. The van der Waals surface area contributed by atoms with Crippen molar-refractivity contribution < 1.29 is 13.7 Å². The number of pyridine rings is 1. The van der Waals surface area contributed by atoms with Crippen LogP contribution in [0.25, 0.3) is 21.9 Å². The molecule has 0 bridgehead atoms. The molecule has 0 saturated heterocycles. The molecule has 8 heteroatoms. The predicted molar refractivity (Wildman–Crippen MR) is 102 cm³/mol. The lowest BCUT2D eigenvalue weighted by atomic mass is 10.0. The minimum Gasteiger partial charge on any atom is -0.443 e. The normalized spacial score (nSPS) is 11.4. The summed E-state index contributed by atoms with van der Waals surface area (Å²) in [7, 11) is 0. The second kappa shape index (κ2) is 6.96. The van der Waals surface area contributed by atoms with Crippen LogP contribution in [0.3, 0.4) is 0 Å². The lowest BCUT2D eigenvalue weighted by Gasteiger charge is -2.09. The Morgan fingerprint density at radius 1 is 1.33 bits per heavy atom. The first-order valence-corrected chi connectivity index (χ1v) is 9.44. The molecular weight excluding hydrogens is 364 g/mol. The van der Waals surface area contributed by atoms with Crippen molar-refractivity contribution in [2.75, 3.05) is 0 Å². The van der Waals surface area contributed by atoms with E-state index in [-0.39, 0.29) is 18.4 Å². The van der Waals surface area contributed by atoms with Crippen molar-refractivity contribution in [2.24, 2.45) is 0 Å². The number of nitrogens with zero attached hydrogens (tertiary/aromatic N) is 3. The smallest absolute Gasteiger partial charge is 0.259 e. The highest BCUT2D eigenvalue weighted by Crippen LogP contribution is 2.26. The fourth-order valence-electron chi connectivity index (χ4n) is 2.76. The molecule has 27 heavy (non-hydrogen) atoms. The van der Waals surface area contributed by atoms with Gasteiger partial charge in [0.2, 0.25) is 5.89 Å². The molecule has 0 aliphatic rings. The van der Waals surface area contributed by atoms with E-state index in [4.69, 9.17) is 8.94 Å². The second-order valence-electron chi connectivity index (χ2n) is 6.50. The Kier molecular flexibility index (Phi) is 4.49. The molecule has 0 aliphatic carbocycles. The molecule has 0 saturated carbocycles. The van der Waals surface area contributed by atoms with Crippen LogP contribution < -0.4 is 5.32 Å². The Balaban J connectivity index is 1.57. The highest BCUT2D eigenvalue weighted by Gasteiger charge is 2.20. The molecule has 1 N–H and O–H groups in total. The highest BCUT2D eigenvalue weighted by atomic mass is 32.1. The van der Waals surface area contributed by atoms with Crippen molar-refractivity contribution >= 4 is 28.3 Å². The lowest BCUT2D eigenvalue weighted by Crippen LogP contribution is -2.23.